The lowest BCUT2D eigenvalue weighted by molar-refractivity contribution is 0.102. The molecular formula is C13H7ClF2INO. The van der Waals surface area contributed by atoms with Gasteiger partial charge in [-0.1, -0.05) is 11.6 Å². The number of halogens is 4. The number of nitrogens with one attached hydrogen (secondary N) is 1. The summed E-state index contributed by atoms with van der Waals surface area (Å²) >= 11 is 7.96. The van der Waals surface area contributed by atoms with E-state index in [1.54, 1.807) is 18.2 Å². The van der Waals surface area contributed by atoms with Crippen LogP contribution >= 0.6 is 34.2 Å². The number of anilines is 1. The van der Waals surface area contributed by atoms with Gasteiger partial charge < -0.3 is 5.32 Å². The molecule has 0 radical (unpaired) electrons. The van der Waals surface area contributed by atoms with Crippen molar-refractivity contribution in [2.75, 3.05) is 5.32 Å². The second-order valence-electron chi connectivity index (χ2n) is 3.70. The van der Waals surface area contributed by atoms with Crippen LogP contribution in [0.3, 0.4) is 0 Å². The van der Waals surface area contributed by atoms with Crippen molar-refractivity contribution in [3.05, 3.63) is 62.2 Å². The first-order chi connectivity index (χ1) is 8.97. The standard InChI is InChI=1S/C13H7ClF2INO/c14-10-3-2-8(17)6-12(10)18-13(19)9-5-7(15)1-4-11(9)16/h1-6H,(H,18,19). The van der Waals surface area contributed by atoms with Gasteiger partial charge in [-0.15, -0.1) is 0 Å². The van der Waals surface area contributed by atoms with Gasteiger partial charge in [0, 0.05) is 3.57 Å². The summed E-state index contributed by atoms with van der Waals surface area (Å²) in [5.74, 6) is -2.22. The molecule has 2 aromatic carbocycles. The van der Waals surface area contributed by atoms with E-state index in [9.17, 15) is 13.6 Å². The molecule has 0 heterocycles. The molecule has 2 nitrogen and oxygen atoms in total. The van der Waals surface area contributed by atoms with Gasteiger partial charge in [0.15, 0.2) is 0 Å². The molecule has 19 heavy (non-hydrogen) atoms. The first-order valence-corrected chi connectivity index (χ1v) is 6.64. The van der Waals surface area contributed by atoms with Crippen LogP contribution in [0.4, 0.5) is 14.5 Å². The Kier molecular flexibility index (Phi) is 4.36. The monoisotopic (exact) mass is 393 g/mol. The zero-order valence-electron chi connectivity index (χ0n) is 9.38. The molecule has 0 saturated carbocycles. The van der Waals surface area contributed by atoms with Crippen LogP contribution < -0.4 is 5.32 Å². The normalized spacial score (nSPS) is 10.3. The molecule has 0 bridgehead atoms. The maximum atomic E-state index is 13.4. The molecule has 0 atom stereocenters. The fourth-order valence-electron chi connectivity index (χ4n) is 1.45. The highest BCUT2D eigenvalue weighted by molar-refractivity contribution is 14.1. The fraction of sp³-hybridized carbons (Fsp3) is 0. The number of benzene rings is 2. The highest BCUT2D eigenvalue weighted by Gasteiger charge is 2.14. The van der Waals surface area contributed by atoms with Crippen LogP contribution in [0.1, 0.15) is 10.4 Å². The van der Waals surface area contributed by atoms with Gasteiger partial charge in [0.2, 0.25) is 0 Å². The number of hydrogen-bond donors (Lipinski definition) is 1. The Hall–Kier alpha value is -1.21. The molecule has 0 saturated heterocycles. The summed E-state index contributed by atoms with van der Waals surface area (Å²) in [6.07, 6.45) is 0. The second kappa shape index (κ2) is 5.83. The van der Waals surface area contributed by atoms with Crippen molar-refractivity contribution in [3.8, 4) is 0 Å². The third kappa shape index (κ3) is 3.42. The van der Waals surface area contributed by atoms with E-state index in [-0.39, 0.29) is 5.56 Å². The highest BCUT2D eigenvalue weighted by atomic mass is 127. The topological polar surface area (TPSA) is 29.1 Å². The summed E-state index contributed by atoms with van der Waals surface area (Å²) in [5.41, 5.74) is -0.0165. The van der Waals surface area contributed by atoms with Crippen molar-refractivity contribution in [1.82, 2.24) is 0 Å². The second-order valence-corrected chi connectivity index (χ2v) is 5.36. The molecule has 0 aliphatic carbocycles. The molecule has 1 N–H and O–H groups in total. The summed E-state index contributed by atoms with van der Waals surface area (Å²) < 4.78 is 27.3. The van der Waals surface area contributed by atoms with Crippen molar-refractivity contribution < 1.29 is 13.6 Å². The Morgan fingerprint density at radius 1 is 1.16 bits per heavy atom. The van der Waals surface area contributed by atoms with E-state index in [4.69, 9.17) is 11.6 Å². The van der Waals surface area contributed by atoms with Crippen LogP contribution in [0.5, 0.6) is 0 Å². The minimum atomic E-state index is -0.791. The molecule has 2 aromatic rings. The number of carbonyl (C=O) groups is 1. The molecule has 0 fully saturated rings. The molecule has 0 spiro atoms. The van der Waals surface area contributed by atoms with Crippen LogP contribution in [0, 0.1) is 15.2 Å². The van der Waals surface area contributed by atoms with Gasteiger partial charge in [-0.2, -0.15) is 0 Å². The van der Waals surface area contributed by atoms with E-state index in [0.717, 1.165) is 21.8 Å². The maximum Gasteiger partial charge on any atom is 0.258 e. The van der Waals surface area contributed by atoms with Gasteiger partial charge in [0.25, 0.3) is 5.91 Å². The quantitative estimate of drug-likeness (QED) is 0.749. The number of carbonyl (C=O) groups excluding carboxylic acids is 1. The number of rotatable bonds is 2. The number of amides is 1. The summed E-state index contributed by atoms with van der Waals surface area (Å²) in [6.45, 7) is 0. The fourth-order valence-corrected chi connectivity index (χ4v) is 2.11. The van der Waals surface area contributed by atoms with E-state index in [2.05, 4.69) is 27.9 Å². The van der Waals surface area contributed by atoms with Gasteiger partial charge in [0.05, 0.1) is 16.3 Å². The van der Waals surface area contributed by atoms with Crippen molar-refractivity contribution in [1.29, 1.82) is 0 Å². The van der Waals surface area contributed by atoms with Crippen LogP contribution in [-0.4, -0.2) is 5.91 Å². The van der Waals surface area contributed by atoms with Gasteiger partial charge in [-0.25, -0.2) is 8.78 Å². The molecule has 2 rings (SSSR count). The third-order valence-electron chi connectivity index (χ3n) is 2.35. The van der Waals surface area contributed by atoms with Crippen LogP contribution in [-0.2, 0) is 0 Å². The van der Waals surface area contributed by atoms with Crippen molar-refractivity contribution in [2.45, 2.75) is 0 Å². The lowest BCUT2D eigenvalue weighted by Gasteiger charge is -2.08. The summed E-state index contributed by atoms with van der Waals surface area (Å²) in [7, 11) is 0. The van der Waals surface area contributed by atoms with Gasteiger partial charge in [-0.3, -0.25) is 4.79 Å². The van der Waals surface area contributed by atoms with Crippen molar-refractivity contribution >= 4 is 45.8 Å². The lowest BCUT2D eigenvalue weighted by atomic mass is 10.2. The van der Waals surface area contributed by atoms with Crippen molar-refractivity contribution in [2.24, 2.45) is 0 Å². The minimum Gasteiger partial charge on any atom is -0.321 e. The van der Waals surface area contributed by atoms with Gasteiger partial charge in [0.1, 0.15) is 11.6 Å². The molecule has 0 aliphatic heterocycles. The summed E-state index contributed by atoms with van der Waals surface area (Å²) in [5, 5.41) is 2.78. The lowest BCUT2D eigenvalue weighted by Crippen LogP contribution is -2.14. The molecule has 6 heteroatoms. The molecular weight excluding hydrogens is 387 g/mol. The number of hydrogen-bond acceptors (Lipinski definition) is 1. The largest absolute Gasteiger partial charge is 0.321 e. The average molecular weight is 394 g/mol. The van der Waals surface area contributed by atoms with E-state index >= 15 is 0 Å². The van der Waals surface area contributed by atoms with E-state index in [1.807, 2.05) is 0 Å². The van der Waals surface area contributed by atoms with Crippen LogP contribution in [0.2, 0.25) is 5.02 Å². The predicted molar refractivity (Wildman–Crippen MR) is 78.5 cm³/mol. The van der Waals surface area contributed by atoms with E-state index < -0.39 is 17.5 Å². The Morgan fingerprint density at radius 2 is 1.89 bits per heavy atom. The Bertz CT molecular complexity index is 649. The maximum absolute atomic E-state index is 13.4. The summed E-state index contributed by atoms with van der Waals surface area (Å²) in [6, 6.07) is 7.71. The third-order valence-corrected chi connectivity index (χ3v) is 3.35. The molecule has 0 unspecified atom stereocenters. The van der Waals surface area contributed by atoms with Gasteiger partial charge in [-0.05, 0) is 59.0 Å². The molecule has 1 amide bonds. The van der Waals surface area contributed by atoms with E-state index in [1.165, 1.54) is 0 Å². The first kappa shape index (κ1) is 14.2. The van der Waals surface area contributed by atoms with Crippen LogP contribution in [0.25, 0.3) is 0 Å². The van der Waals surface area contributed by atoms with Gasteiger partial charge >= 0.3 is 0 Å². The van der Waals surface area contributed by atoms with E-state index in [0.29, 0.717) is 10.7 Å². The smallest absolute Gasteiger partial charge is 0.258 e. The highest BCUT2D eigenvalue weighted by Crippen LogP contribution is 2.24. The molecule has 98 valence electrons. The SMILES string of the molecule is O=C(Nc1cc(I)ccc1Cl)c1cc(F)ccc1F. The zero-order chi connectivity index (χ0) is 14.0. The minimum absolute atomic E-state index is 0.325. The first-order valence-electron chi connectivity index (χ1n) is 5.19. The zero-order valence-corrected chi connectivity index (χ0v) is 12.3. The Morgan fingerprint density at radius 3 is 2.63 bits per heavy atom. The molecule has 0 aliphatic rings. The van der Waals surface area contributed by atoms with Crippen molar-refractivity contribution in [3.63, 3.8) is 0 Å². The average Bonchev–Trinajstić information content (AvgIpc) is 2.36. The Balaban J connectivity index is 2.30. The molecule has 0 aromatic heterocycles. The van der Waals surface area contributed by atoms with Crippen LogP contribution in [0.15, 0.2) is 36.4 Å². The Labute approximate surface area is 126 Å². The summed E-state index contributed by atoms with van der Waals surface area (Å²) in [4.78, 5) is 11.9. The predicted octanol–water partition coefficient (Wildman–Crippen LogP) is 4.48.